The van der Waals surface area contributed by atoms with Gasteiger partial charge >= 0.3 is 6.03 Å². The van der Waals surface area contributed by atoms with Crippen LogP contribution in [0.3, 0.4) is 0 Å². The number of aryl methyl sites for hydroxylation is 2. The molecule has 1 heterocycles. The Morgan fingerprint density at radius 3 is 3.00 bits per heavy atom. The van der Waals surface area contributed by atoms with Gasteiger partial charge in [-0.25, -0.2) is 4.79 Å². The summed E-state index contributed by atoms with van der Waals surface area (Å²) >= 11 is 0. The molecule has 0 spiro atoms. The van der Waals surface area contributed by atoms with Gasteiger partial charge in [0.1, 0.15) is 0 Å². The first-order valence-electron chi connectivity index (χ1n) is 8.06. The zero-order valence-corrected chi connectivity index (χ0v) is 12.8. The molecular formula is C17H25N3O. The van der Waals surface area contributed by atoms with Crippen LogP contribution >= 0.6 is 0 Å². The fraction of sp³-hybridized carbons (Fsp3) is 0.588. The van der Waals surface area contributed by atoms with E-state index in [1.807, 2.05) is 6.07 Å². The summed E-state index contributed by atoms with van der Waals surface area (Å²) in [7, 11) is 2.15. The summed E-state index contributed by atoms with van der Waals surface area (Å²) in [6.07, 6.45) is 6.00. The molecule has 2 amide bonds. The van der Waals surface area contributed by atoms with E-state index in [0.717, 1.165) is 25.2 Å². The maximum Gasteiger partial charge on any atom is 0.319 e. The lowest BCUT2D eigenvalue weighted by molar-refractivity contribution is 0.204. The number of amides is 2. The van der Waals surface area contributed by atoms with Crippen molar-refractivity contribution >= 4 is 11.7 Å². The summed E-state index contributed by atoms with van der Waals surface area (Å²) < 4.78 is 0. The maximum atomic E-state index is 12.0. The molecule has 0 bridgehead atoms. The molecule has 1 aliphatic carbocycles. The van der Waals surface area contributed by atoms with Gasteiger partial charge in [-0.05, 0) is 74.9 Å². The number of piperidine rings is 1. The van der Waals surface area contributed by atoms with Crippen LogP contribution in [0, 0.1) is 5.92 Å². The van der Waals surface area contributed by atoms with Crippen molar-refractivity contribution in [2.24, 2.45) is 5.92 Å². The molecule has 21 heavy (non-hydrogen) atoms. The summed E-state index contributed by atoms with van der Waals surface area (Å²) in [6.45, 7) is 3.03. The van der Waals surface area contributed by atoms with Crippen molar-refractivity contribution in [1.82, 2.24) is 10.2 Å². The van der Waals surface area contributed by atoms with Gasteiger partial charge in [0, 0.05) is 18.8 Å². The number of fused-ring (bicyclic) bond motifs is 1. The molecule has 1 fully saturated rings. The summed E-state index contributed by atoms with van der Waals surface area (Å²) in [5.74, 6) is 0.578. The van der Waals surface area contributed by atoms with Gasteiger partial charge < -0.3 is 15.5 Å². The zero-order valence-electron chi connectivity index (χ0n) is 12.8. The Hall–Kier alpha value is -1.55. The summed E-state index contributed by atoms with van der Waals surface area (Å²) in [6, 6.07) is 6.20. The third-order valence-electron chi connectivity index (χ3n) is 4.63. The normalized spacial score (nSPS) is 21.9. The van der Waals surface area contributed by atoms with E-state index in [1.54, 1.807) is 0 Å². The fourth-order valence-corrected chi connectivity index (χ4v) is 3.50. The van der Waals surface area contributed by atoms with E-state index in [1.165, 1.54) is 43.4 Å². The Kier molecular flexibility index (Phi) is 4.44. The quantitative estimate of drug-likeness (QED) is 0.897. The maximum absolute atomic E-state index is 12.0. The van der Waals surface area contributed by atoms with Crippen molar-refractivity contribution in [3.8, 4) is 0 Å². The molecule has 0 saturated carbocycles. The molecule has 4 nitrogen and oxygen atoms in total. The van der Waals surface area contributed by atoms with Gasteiger partial charge in [0.05, 0.1) is 0 Å². The lowest BCUT2D eigenvalue weighted by atomic mass is 9.99. The number of hydrogen-bond donors (Lipinski definition) is 2. The van der Waals surface area contributed by atoms with E-state index in [-0.39, 0.29) is 6.03 Å². The second-order valence-electron chi connectivity index (χ2n) is 6.44. The predicted octanol–water partition coefficient (Wildman–Crippen LogP) is 2.64. The highest BCUT2D eigenvalue weighted by molar-refractivity contribution is 5.89. The number of carbonyl (C=O) groups is 1. The molecule has 1 atom stereocenters. The van der Waals surface area contributed by atoms with Crippen molar-refractivity contribution in [1.29, 1.82) is 0 Å². The fourth-order valence-electron chi connectivity index (χ4n) is 3.50. The minimum absolute atomic E-state index is 0.0822. The molecule has 3 rings (SSSR count). The second kappa shape index (κ2) is 6.48. The van der Waals surface area contributed by atoms with Crippen LogP contribution in [0.1, 0.15) is 30.4 Å². The number of hydrogen-bond acceptors (Lipinski definition) is 2. The molecular weight excluding hydrogens is 262 g/mol. The molecule has 1 saturated heterocycles. The van der Waals surface area contributed by atoms with E-state index >= 15 is 0 Å². The van der Waals surface area contributed by atoms with E-state index in [9.17, 15) is 4.79 Å². The van der Waals surface area contributed by atoms with E-state index in [4.69, 9.17) is 0 Å². The molecule has 0 aromatic heterocycles. The number of likely N-dealkylation sites (tertiary alicyclic amines) is 1. The van der Waals surface area contributed by atoms with Crippen molar-refractivity contribution < 1.29 is 4.79 Å². The Morgan fingerprint density at radius 1 is 1.29 bits per heavy atom. The van der Waals surface area contributed by atoms with E-state index < -0.39 is 0 Å². The van der Waals surface area contributed by atoms with Crippen LogP contribution in [0.15, 0.2) is 18.2 Å². The Labute approximate surface area is 126 Å². The summed E-state index contributed by atoms with van der Waals surface area (Å²) in [5, 5.41) is 5.97. The SMILES string of the molecule is CN1CCCC(CNC(=O)Nc2ccc3c(c2)CCC3)C1. The van der Waals surface area contributed by atoms with Crippen LogP contribution in [-0.4, -0.2) is 37.6 Å². The Balaban J connectivity index is 1.48. The minimum Gasteiger partial charge on any atom is -0.338 e. The Morgan fingerprint density at radius 2 is 2.14 bits per heavy atom. The highest BCUT2D eigenvalue weighted by Gasteiger charge is 2.18. The minimum atomic E-state index is -0.0822. The molecule has 0 radical (unpaired) electrons. The predicted molar refractivity (Wildman–Crippen MR) is 85.7 cm³/mol. The standard InChI is InChI=1S/C17H25N3O/c1-20-9-3-4-13(12-20)11-18-17(21)19-16-8-7-14-5-2-6-15(14)10-16/h7-8,10,13H,2-6,9,11-12H2,1H3,(H2,18,19,21). The first kappa shape index (κ1) is 14.4. The molecule has 4 heteroatoms. The highest BCUT2D eigenvalue weighted by atomic mass is 16.2. The van der Waals surface area contributed by atoms with Gasteiger partial charge in [-0.15, -0.1) is 0 Å². The van der Waals surface area contributed by atoms with E-state index in [0.29, 0.717) is 5.92 Å². The number of carbonyl (C=O) groups excluding carboxylic acids is 1. The summed E-state index contributed by atoms with van der Waals surface area (Å²) in [5.41, 5.74) is 3.74. The average molecular weight is 287 g/mol. The first-order valence-corrected chi connectivity index (χ1v) is 8.06. The topological polar surface area (TPSA) is 44.4 Å². The van der Waals surface area contributed by atoms with Crippen LogP contribution in [0.5, 0.6) is 0 Å². The molecule has 1 aromatic carbocycles. The molecule has 2 N–H and O–H groups in total. The van der Waals surface area contributed by atoms with Gasteiger partial charge in [-0.2, -0.15) is 0 Å². The number of nitrogens with one attached hydrogen (secondary N) is 2. The smallest absolute Gasteiger partial charge is 0.319 e. The third kappa shape index (κ3) is 3.76. The number of anilines is 1. The summed E-state index contributed by atoms with van der Waals surface area (Å²) in [4.78, 5) is 14.3. The van der Waals surface area contributed by atoms with E-state index in [2.05, 4.69) is 34.7 Å². The first-order chi connectivity index (χ1) is 10.2. The zero-order chi connectivity index (χ0) is 14.7. The molecule has 114 valence electrons. The van der Waals surface area contributed by atoms with Crippen LogP contribution in [0.2, 0.25) is 0 Å². The molecule has 1 unspecified atom stereocenters. The van der Waals surface area contributed by atoms with Crippen molar-refractivity contribution in [3.63, 3.8) is 0 Å². The van der Waals surface area contributed by atoms with Crippen LogP contribution < -0.4 is 10.6 Å². The van der Waals surface area contributed by atoms with Crippen LogP contribution in [0.4, 0.5) is 10.5 Å². The Bertz CT molecular complexity index is 515. The van der Waals surface area contributed by atoms with Crippen LogP contribution in [0.25, 0.3) is 0 Å². The number of nitrogens with zero attached hydrogens (tertiary/aromatic N) is 1. The van der Waals surface area contributed by atoms with Gasteiger partial charge in [0.15, 0.2) is 0 Å². The third-order valence-corrected chi connectivity index (χ3v) is 4.63. The molecule has 1 aliphatic heterocycles. The van der Waals surface area contributed by atoms with Crippen LogP contribution in [-0.2, 0) is 12.8 Å². The van der Waals surface area contributed by atoms with Gasteiger partial charge in [0.25, 0.3) is 0 Å². The average Bonchev–Trinajstić information content (AvgIpc) is 2.93. The number of rotatable bonds is 3. The largest absolute Gasteiger partial charge is 0.338 e. The van der Waals surface area contributed by atoms with Crippen molar-refractivity contribution in [2.75, 3.05) is 32.0 Å². The number of benzene rings is 1. The van der Waals surface area contributed by atoms with Gasteiger partial charge in [-0.1, -0.05) is 6.07 Å². The van der Waals surface area contributed by atoms with Crippen molar-refractivity contribution in [3.05, 3.63) is 29.3 Å². The molecule has 2 aliphatic rings. The molecule has 1 aromatic rings. The van der Waals surface area contributed by atoms with Gasteiger partial charge in [0.2, 0.25) is 0 Å². The van der Waals surface area contributed by atoms with Crippen molar-refractivity contribution in [2.45, 2.75) is 32.1 Å². The highest BCUT2D eigenvalue weighted by Crippen LogP contribution is 2.24. The second-order valence-corrected chi connectivity index (χ2v) is 6.44. The van der Waals surface area contributed by atoms with Gasteiger partial charge in [-0.3, -0.25) is 0 Å². The lowest BCUT2D eigenvalue weighted by Gasteiger charge is -2.29. The lowest BCUT2D eigenvalue weighted by Crippen LogP contribution is -2.40. The monoisotopic (exact) mass is 287 g/mol. The number of urea groups is 1.